The predicted molar refractivity (Wildman–Crippen MR) is 123 cm³/mol. The molecule has 0 aromatic carbocycles. The van der Waals surface area contributed by atoms with Gasteiger partial charge in [-0.2, -0.15) is 0 Å². The Morgan fingerprint density at radius 1 is 0.556 bits per heavy atom. The van der Waals surface area contributed by atoms with Crippen molar-refractivity contribution in [1.82, 2.24) is 4.90 Å². The fraction of sp³-hybridized carbons (Fsp3) is 0.960. The van der Waals surface area contributed by atoms with Crippen LogP contribution in [0.25, 0.3) is 0 Å². The van der Waals surface area contributed by atoms with Gasteiger partial charge in [-0.05, 0) is 6.42 Å². The molecule has 0 radical (unpaired) electrons. The van der Waals surface area contributed by atoms with Gasteiger partial charge in [-0.15, -0.1) is 0 Å². The second-order valence-corrected chi connectivity index (χ2v) is 8.78. The summed E-state index contributed by atoms with van der Waals surface area (Å²) in [5.74, 6) is 0. The van der Waals surface area contributed by atoms with Crippen molar-refractivity contribution in [2.75, 3.05) is 19.6 Å². The SMILES string of the molecule is CCCCCCCCCCCCCCCCCCCCCCN1C=NCC1. The van der Waals surface area contributed by atoms with E-state index in [2.05, 4.69) is 16.8 Å². The van der Waals surface area contributed by atoms with Crippen molar-refractivity contribution in [2.45, 2.75) is 135 Å². The molecule has 0 fully saturated rings. The highest BCUT2D eigenvalue weighted by molar-refractivity contribution is 5.56. The molecule has 0 saturated heterocycles. The molecule has 0 aromatic rings. The third kappa shape index (κ3) is 17.3. The van der Waals surface area contributed by atoms with Crippen molar-refractivity contribution < 1.29 is 0 Å². The maximum atomic E-state index is 4.27. The van der Waals surface area contributed by atoms with Crippen molar-refractivity contribution in [3.05, 3.63) is 0 Å². The van der Waals surface area contributed by atoms with Gasteiger partial charge in [0.05, 0.1) is 12.9 Å². The van der Waals surface area contributed by atoms with Gasteiger partial charge in [0, 0.05) is 13.1 Å². The Hall–Kier alpha value is -0.530. The molecule has 0 atom stereocenters. The lowest BCUT2D eigenvalue weighted by molar-refractivity contribution is 0.438. The molecular weight excluding hydrogens is 328 g/mol. The Labute approximate surface area is 171 Å². The summed E-state index contributed by atoms with van der Waals surface area (Å²) in [6.45, 7) is 5.69. The average Bonchev–Trinajstić information content (AvgIpc) is 3.20. The van der Waals surface area contributed by atoms with Crippen LogP contribution in [0.5, 0.6) is 0 Å². The highest BCUT2D eigenvalue weighted by atomic mass is 15.2. The van der Waals surface area contributed by atoms with Crippen LogP contribution in [0.3, 0.4) is 0 Å². The number of rotatable bonds is 21. The van der Waals surface area contributed by atoms with Crippen LogP contribution in [0.2, 0.25) is 0 Å². The molecule has 0 aliphatic carbocycles. The van der Waals surface area contributed by atoms with Gasteiger partial charge in [-0.1, -0.05) is 129 Å². The molecule has 0 unspecified atom stereocenters. The van der Waals surface area contributed by atoms with Crippen molar-refractivity contribution in [3.8, 4) is 0 Å². The average molecular weight is 379 g/mol. The number of aliphatic imine (C=N–C) groups is 1. The molecule has 0 saturated carbocycles. The molecule has 2 heteroatoms. The number of unbranched alkanes of at least 4 members (excludes halogenated alkanes) is 19. The maximum Gasteiger partial charge on any atom is 0.0851 e. The van der Waals surface area contributed by atoms with Crippen LogP contribution in [-0.2, 0) is 0 Å². The zero-order valence-electron chi connectivity index (χ0n) is 18.7. The van der Waals surface area contributed by atoms with Gasteiger partial charge in [0.25, 0.3) is 0 Å². The Balaban J connectivity index is 1.62. The topological polar surface area (TPSA) is 15.6 Å². The molecule has 0 aromatic heterocycles. The maximum absolute atomic E-state index is 4.27. The number of nitrogens with zero attached hydrogens (tertiary/aromatic N) is 2. The minimum atomic E-state index is 1.01. The summed E-state index contributed by atoms with van der Waals surface area (Å²) < 4.78 is 0. The normalized spacial score (nSPS) is 13.7. The van der Waals surface area contributed by atoms with Crippen LogP contribution < -0.4 is 0 Å². The molecule has 1 aliphatic rings. The summed E-state index contributed by atoms with van der Waals surface area (Å²) >= 11 is 0. The minimum Gasteiger partial charge on any atom is -0.361 e. The lowest BCUT2D eigenvalue weighted by Gasteiger charge is -2.12. The van der Waals surface area contributed by atoms with Crippen LogP contribution >= 0.6 is 0 Å². The van der Waals surface area contributed by atoms with Crippen molar-refractivity contribution in [3.63, 3.8) is 0 Å². The van der Waals surface area contributed by atoms with Gasteiger partial charge in [-0.3, -0.25) is 4.99 Å². The first-order chi connectivity index (χ1) is 13.4. The quantitative estimate of drug-likeness (QED) is 0.184. The smallest absolute Gasteiger partial charge is 0.0851 e. The van der Waals surface area contributed by atoms with Gasteiger partial charge in [0.1, 0.15) is 0 Å². The summed E-state index contributed by atoms with van der Waals surface area (Å²) in [4.78, 5) is 6.64. The second kappa shape index (κ2) is 20.2. The van der Waals surface area contributed by atoms with Gasteiger partial charge in [0.15, 0.2) is 0 Å². The van der Waals surface area contributed by atoms with Crippen LogP contribution in [0, 0.1) is 0 Å². The van der Waals surface area contributed by atoms with E-state index in [-0.39, 0.29) is 0 Å². The van der Waals surface area contributed by atoms with E-state index in [1.54, 1.807) is 0 Å². The first-order valence-electron chi connectivity index (χ1n) is 12.7. The monoisotopic (exact) mass is 378 g/mol. The summed E-state index contributed by atoms with van der Waals surface area (Å²) in [5.41, 5.74) is 0. The van der Waals surface area contributed by atoms with Crippen LogP contribution in [-0.4, -0.2) is 30.9 Å². The van der Waals surface area contributed by atoms with E-state index in [0.29, 0.717) is 0 Å². The van der Waals surface area contributed by atoms with Crippen LogP contribution in [0.1, 0.15) is 135 Å². The van der Waals surface area contributed by atoms with E-state index in [1.165, 1.54) is 135 Å². The van der Waals surface area contributed by atoms with Gasteiger partial charge in [-0.25, -0.2) is 0 Å². The highest BCUT2D eigenvalue weighted by Crippen LogP contribution is 2.14. The molecule has 27 heavy (non-hydrogen) atoms. The van der Waals surface area contributed by atoms with Crippen molar-refractivity contribution in [1.29, 1.82) is 0 Å². The van der Waals surface area contributed by atoms with Gasteiger partial charge < -0.3 is 4.90 Å². The first kappa shape index (κ1) is 24.5. The van der Waals surface area contributed by atoms with Crippen LogP contribution in [0.4, 0.5) is 0 Å². The number of hydrogen-bond acceptors (Lipinski definition) is 2. The molecular formula is C25H50N2. The molecule has 0 bridgehead atoms. The minimum absolute atomic E-state index is 1.01. The van der Waals surface area contributed by atoms with E-state index >= 15 is 0 Å². The van der Waals surface area contributed by atoms with Crippen LogP contribution in [0.15, 0.2) is 4.99 Å². The zero-order chi connectivity index (χ0) is 19.3. The lowest BCUT2D eigenvalue weighted by Crippen LogP contribution is -2.20. The molecule has 1 rings (SSSR count). The molecule has 160 valence electrons. The standard InChI is InChI=1S/C25H50N2/c1-2-3-4-5-6-7-8-9-10-11-12-13-14-15-16-17-18-19-20-21-23-27-24-22-26-25-27/h25H,2-24H2,1H3. The summed E-state index contributed by atoms with van der Waals surface area (Å²) in [6, 6.07) is 0. The first-order valence-corrected chi connectivity index (χ1v) is 12.7. The van der Waals surface area contributed by atoms with E-state index in [0.717, 1.165) is 13.1 Å². The summed E-state index contributed by atoms with van der Waals surface area (Å²) in [6.07, 6.45) is 31.2. The fourth-order valence-corrected chi connectivity index (χ4v) is 4.16. The lowest BCUT2D eigenvalue weighted by atomic mass is 10.0. The van der Waals surface area contributed by atoms with E-state index in [1.807, 2.05) is 6.34 Å². The molecule has 0 amide bonds. The largest absolute Gasteiger partial charge is 0.361 e. The van der Waals surface area contributed by atoms with E-state index in [4.69, 9.17) is 0 Å². The summed E-state index contributed by atoms with van der Waals surface area (Å²) in [7, 11) is 0. The Kier molecular flexibility index (Phi) is 18.3. The summed E-state index contributed by atoms with van der Waals surface area (Å²) in [5, 5.41) is 0. The van der Waals surface area contributed by atoms with Gasteiger partial charge >= 0.3 is 0 Å². The Morgan fingerprint density at radius 3 is 1.26 bits per heavy atom. The fourth-order valence-electron chi connectivity index (χ4n) is 4.16. The highest BCUT2D eigenvalue weighted by Gasteiger charge is 2.03. The van der Waals surface area contributed by atoms with Crippen molar-refractivity contribution in [2.24, 2.45) is 4.99 Å². The molecule has 1 heterocycles. The zero-order valence-corrected chi connectivity index (χ0v) is 18.7. The molecule has 0 N–H and O–H groups in total. The van der Waals surface area contributed by atoms with Crippen molar-refractivity contribution >= 4 is 6.34 Å². The van der Waals surface area contributed by atoms with Gasteiger partial charge in [0.2, 0.25) is 0 Å². The number of hydrogen-bond donors (Lipinski definition) is 0. The molecule has 1 aliphatic heterocycles. The molecule has 2 nitrogen and oxygen atoms in total. The Morgan fingerprint density at radius 2 is 0.926 bits per heavy atom. The van der Waals surface area contributed by atoms with E-state index < -0.39 is 0 Å². The third-order valence-corrected chi connectivity index (χ3v) is 6.06. The predicted octanol–water partition coefficient (Wildman–Crippen LogP) is 8.15. The Bertz CT molecular complexity index is 313. The molecule has 0 spiro atoms. The second-order valence-electron chi connectivity index (χ2n) is 8.78. The van der Waals surface area contributed by atoms with E-state index in [9.17, 15) is 0 Å². The third-order valence-electron chi connectivity index (χ3n) is 6.06.